The van der Waals surface area contributed by atoms with Gasteiger partial charge in [-0.25, -0.2) is 24.9 Å². The SMILES string of the molecule is Cc1cccc(-c2nc(-n3ccc4c(NC(=O)CN(C)C)nccc43)c3nc[nH]c3n2)n1. The number of fused-ring (bicyclic) bond motifs is 2. The van der Waals surface area contributed by atoms with E-state index in [4.69, 9.17) is 4.98 Å². The molecule has 0 aliphatic carbocycles. The fraction of sp³-hybridized carbons (Fsp3) is 0.182. The second-order valence-corrected chi connectivity index (χ2v) is 7.70. The van der Waals surface area contributed by atoms with Crippen LogP contribution in [0.25, 0.3) is 39.4 Å². The number of nitrogens with zero attached hydrogens (tertiary/aromatic N) is 7. The van der Waals surface area contributed by atoms with Crippen molar-refractivity contribution in [3.05, 3.63) is 54.7 Å². The van der Waals surface area contributed by atoms with Gasteiger partial charge in [-0.05, 0) is 45.3 Å². The third-order valence-corrected chi connectivity index (χ3v) is 4.94. The summed E-state index contributed by atoms with van der Waals surface area (Å²) in [5, 5.41) is 3.69. The van der Waals surface area contributed by atoms with E-state index in [0.29, 0.717) is 34.3 Å². The first-order valence-electron chi connectivity index (χ1n) is 10.1. The van der Waals surface area contributed by atoms with Crippen molar-refractivity contribution in [2.24, 2.45) is 0 Å². The van der Waals surface area contributed by atoms with Crippen LogP contribution in [0.15, 0.2) is 49.1 Å². The Hall–Kier alpha value is -4.18. The van der Waals surface area contributed by atoms with Crippen molar-refractivity contribution in [1.29, 1.82) is 0 Å². The Morgan fingerprint density at radius 2 is 2.00 bits per heavy atom. The molecular formula is C22H21N9O. The molecule has 0 saturated carbocycles. The maximum Gasteiger partial charge on any atom is 0.239 e. The van der Waals surface area contributed by atoms with Gasteiger partial charge in [0.25, 0.3) is 0 Å². The third kappa shape index (κ3) is 3.56. The number of carbonyl (C=O) groups is 1. The highest BCUT2D eigenvalue weighted by Crippen LogP contribution is 2.28. The minimum Gasteiger partial charge on any atom is -0.329 e. The van der Waals surface area contributed by atoms with Crippen LogP contribution in [-0.2, 0) is 4.79 Å². The van der Waals surface area contributed by atoms with Crippen molar-refractivity contribution in [2.45, 2.75) is 6.92 Å². The number of pyridine rings is 2. The molecule has 5 rings (SSSR count). The summed E-state index contributed by atoms with van der Waals surface area (Å²) in [5.74, 6) is 1.48. The largest absolute Gasteiger partial charge is 0.329 e. The predicted molar refractivity (Wildman–Crippen MR) is 121 cm³/mol. The lowest BCUT2D eigenvalue weighted by Gasteiger charge is -2.11. The number of carbonyl (C=O) groups excluding carboxylic acids is 1. The van der Waals surface area contributed by atoms with E-state index in [9.17, 15) is 4.79 Å². The average molecular weight is 427 g/mol. The Kier molecular flexibility index (Phi) is 4.83. The van der Waals surface area contributed by atoms with Gasteiger partial charge in [0.1, 0.15) is 11.5 Å². The maximum absolute atomic E-state index is 12.3. The zero-order valence-electron chi connectivity index (χ0n) is 17.9. The summed E-state index contributed by atoms with van der Waals surface area (Å²) in [7, 11) is 3.68. The van der Waals surface area contributed by atoms with Crippen LogP contribution in [0.4, 0.5) is 5.82 Å². The second-order valence-electron chi connectivity index (χ2n) is 7.70. The number of aryl methyl sites for hydroxylation is 1. The molecule has 0 unspecified atom stereocenters. The number of nitrogens with one attached hydrogen (secondary N) is 2. The topological polar surface area (TPSA) is 118 Å². The number of hydrogen-bond donors (Lipinski definition) is 2. The van der Waals surface area contributed by atoms with E-state index < -0.39 is 0 Å². The molecule has 0 spiro atoms. The average Bonchev–Trinajstić information content (AvgIpc) is 3.40. The molecule has 5 aromatic heterocycles. The summed E-state index contributed by atoms with van der Waals surface area (Å²) in [6.45, 7) is 2.20. The first-order chi connectivity index (χ1) is 15.5. The van der Waals surface area contributed by atoms with Gasteiger partial charge in [-0.3, -0.25) is 9.36 Å². The normalized spacial score (nSPS) is 11.5. The quantitative estimate of drug-likeness (QED) is 0.443. The molecule has 10 nitrogen and oxygen atoms in total. The van der Waals surface area contributed by atoms with E-state index in [-0.39, 0.29) is 12.5 Å². The van der Waals surface area contributed by atoms with Crippen molar-refractivity contribution >= 4 is 33.8 Å². The van der Waals surface area contributed by atoms with E-state index in [1.54, 1.807) is 17.4 Å². The van der Waals surface area contributed by atoms with Crippen molar-refractivity contribution in [3.8, 4) is 17.3 Å². The van der Waals surface area contributed by atoms with Crippen LogP contribution in [0, 0.1) is 6.92 Å². The third-order valence-electron chi connectivity index (χ3n) is 4.94. The molecular weight excluding hydrogens is 406 g/mol. The number of aromatic amines is 1. The van der Waals surface area contributed by atoms with Crippen molar-refractivity contribution in [2.75, 3.05) is 26.0 Å². The minimum absolute atomic E-state index is 0.132. The van der Waals surface area contributed by atoms with Gasteiger partial charge in [0.05, 0.1) is 18.4 Å². The highest BCUT2D eigenvalue weighted by molar-refractivity contribution is 6.01. The first-order valence-corrected chi connectivity index (χ1v) is 10.1. The molecule has 5 heterocycles. The lowest BCUT2D eigenvalue weighted by atomic mass is 10.3. The van der Waals surface area contributed by atoms with Crippen LogP contribution in [0.3, 0.4) is 0 Å². The van der Waals surface area contributed by atoms with Gasteiger partial charge in [0.2, 0.25) is 5.91 Å². The summed E-state index contributed by atoms with van der Waals surface area (Å²) in [4.78, 5) is 39.9. The number of likely N-dealkylation sites (N-methyl/N-ethyl adjacent to an activating group) is 1. The molecule has 0 saturated heterocycles. The van der Waals surface area contributed by atoms with Gasteiger partial charge in [-0.1, -0.05) is 6.07 Å². The molecule has 0 atom stereocenters. The van der Waals surface area contributed by atoms with E-state index in [2.05, 4.69) is 30.2 Å². The molecule has 0 fully saturated rings. The van der Waals surface area contributed by atoms with Crippen molar-refractivity contribution in [1.82, 2.24) is 39.4 Å². The molecule has 0 radical (unpaired) electrons. The fourth-order valence-corrected chi connectivity index (χ4v) is 3.58. The predicted octanol–water partition coefficient (Wildman–Crippen LogP) is 2.56. The van der Waals surface area contributed by atoms with Crippen LogP contribution < -0.4 is 5.32 Å². The van der Waals surface area contributed by atoms with Crippen LogP contribution in [-0.4, -0.2) is 65.9 Å². The zero-order valence-corrected chi connectivity index (χ0v) is 17.9. The molecule has 0 aromatic carbocycles. The summed E-state index contributed by atoms with van der Waals surface area (Å²) in [5.41, 5.74) is 3.65. The number of imidazole rings is 1. The minimum atomic E-state index is -0.132. The Balaban J connectivity index is 1.64. The highest BCUT2D eigenvalue weighted by Gasteiger charge is 2.17. The number of amides is 1. The Labute approximate surface area is 183 Å². The smallest absolute Gasteiger partial charge is 0.239 e. The number of H-pyrrole nitrogens is 1. The van der Waals surface area contributed by atoms with E-state index in [0.717, 1.165) is 16.6 Å². The molecule has 32 heavy (non-hydrogen) atoms. The maximum atomic E-state index is 12.3. The Morgan fingerprint density at radius 3 is 2.81 bits per heavy atom. The molecule has 0 bridgehead atoms. The summed E-state index contributed by atoms with van der Waals surface area (Å²) in [6.07, 6.45) is 5.14. The number of anilines is 1. The van der Waals surface area contributed by atoms with Crippen LogP contribution in [0.5, 0.6) is 0 Å². The lowest BCUT2D eigenvalue weighted by Crippen LogP contribution is -2.27. The molecule has 10 heteroatoms. The van der Waals surface area contributed by atoms with Crippen molar-refractivity contribution in [3.63, 3.8) is 0 Å². The Morgan fingerprint density at radius 1 is 1.12 bits per heavy atom. The van der Waals surface area contributed by atoms with Gasteiger partial charge in [0, 0.05) is 23.5 Å². The summed E-state index contributed by atoms with van der Waals surface area (Å²) in [6, 6.07) is 9.51. The van der Waals surface area contributed by atoms with Crippen LogP contribution in [0.2, 0.25) is 0 Å². The molecule has 0 aliphatic heterocycles. The number of aromatic nitrogens is 7. The monoisotopic (exact) mass is 427 g/mol. The number of rotatable bonds is 5. The zero-order chi connectivity index (χ0) is 22.2. The highest BCUT2D eigenvalue weighted by atomic mass is 16.2. The number of hydrogen-bond acceptors (Lipinski definition) is 7. The van der Waals surface area contributed by atoms with E-state index in [1.165, 1.54) is 0 Å². The van der Waals surface area contributed by atoms with Gasteiger partial charge in [-0.2, -0.15) is 0 Å². The van der Waals surface area contributed by atoms with Crippen LogP contribution >= 0.6 is 0 Å². The fourth-order valence-electron chi connectivity index (χ4n) is 3.58. The first kappa shape index (κ1) is 19.8. The Bertz CT molecular complexity index is 1450. The van der Waals surface area contributed by atoms with Gasteiger partial charge in [-0.15, -0.1) is 0 Å². The molecule has 5 aromatic rings. The van der Waals surface area contributed by atoms with Gasteiger partial charge in [0.15, 0.2) is 22.8 Å². The molecule has 160 valence electrons. The summed E-state index contributed by atoms with van der Waals surface area (Å²) < 4.78 is 1.92. The molecule has 1 amide bonds. The summed E-state index contributed by atoms with van der Waals surface area (Å²) >= 11 is 0. The van der Waals surface area contributed by atoms with Crippen LogP contribution in [0.1, 0.15) is 5.69 Å². The van der Waals surface area contributed by atoms with E-state index >= 15 is 0 Å². The van der Waals surface area contributed by atoms with E-state index in [1.807, 2.05) is 62.1 Å². The van der Waals surface area contributed by atoms with Crippen molar-refractivity contribution < 1.29 is 4.79 Å². The standard InChI is InChI=1S/C22H21N9O/c1-13-5-4-6-15(26-13)20-28-21-18(24-12-25-21)22(29-20)31-10-8-14-16(31)7-9-23-19(14)27-17(32)11-30(2)3/h4-10,12H,11H2,1-3H3,(H,23,27,32)(H,24,25,28,29). The van der Waals surface area contributed by atoms with Gasteiger partial charge >= 0.3 is 0 Å². The van der Waals surface area contributed by atoms with Gasteiger partial charge < -0.3 is 15.2 Å². The molecule has 2 N–H and O–H groups in total. The molecule has 0 aliphatic rings. The second kappa shape index (κ2) is 7.82. The lowest BCUT2D eigenvalue weighted by molar-refractivity contribution is -0.116.